The Hall–Kier alpha value is -3.54. The van der Waals surface area contributed by atoms with E-state index in [4.69, 9.17) is 4.42 Å². The van der Waals surface area contributed by atoms with Crippen LogP contribution in [0.2, 0.25) is 0 Å². The van der Waals surface area contributed by atoms with Gasteiger partial charge >= 0.3 is 0 Å². The Morgan fingerprint density at radius 1 is 1.12 bits per heavy atom. The third-order valence-electron chi connectivity index (χ3n) is 5.91. The molecule has 0 saturated carbocycles. The van der Waals surface area contributed by atoms with Crippen LogP contribution in [0.1, 0.15) is 54.4 Å². The summed E-state index contributed by atoms with van der Waals surface area (Å²) in [6.45, 7) is 7.12. The molecule has 1 atom stereocenters. The lowest BCUT2D eigenvalue weighted by Crippen LogP contribution is -2.30. The fraction of sp³-hybridized carbons (Fsp3) is 0.333. The van der Waals surface area contributed by atoms with E-state index in [1.54, 1.807) is 12.3 Å². The van der Waals surface area contributed by atoms with Crippen LogP contribution >= 0.6 is 0 Å². The number of nitrogens with one attached hydrogen (secondary N) is 2. The van der Waals surface area contributed by atoms with Crippen molar-refractivity contribution in [2.45, 2.75) is 52.7 Å². The fourth-order valence-corrected chi connectivity index (χ4v) is 4.31. The van der Waals surface area contributed by atoms with E-state index in [-0.39, 0.29) is 11.8 Å². The smallest absolute Gasteiger partial charge is 0.255 e. The number of carbonyl (C=O) groups is 2. The van der Waals surface area contributed by atoms with Crippen LogP contribution in [0.15, 0.2) is 65.3 Å². The summed E-state index contributed by atoms with van der Waals surface area (Å²) in [5, 5.41) is 5.90. The number of hydrogen-bond donors (Lipinski definition) is 2. The van der Waals surface area contributed by atoms with E-state index in [2.05, 4.69) is 40.7 Å². The zero-order chi connectivity index (χ0) is 23.4. The van der Waals surface area contributed by atoms with Crippen molar-refractivity contribution in [1.82, 2.24) is 5.32 Å². The van der Waals surface area contributed by atoms with Crippen LogP contribution < -0.4 is 15.5 Å². The number of amides is 2. The number of furan rings is 1. The normalized spacial score (nSPS) is 14.9. The van der Waals surface area contributed by atoms with E-state index in [9.17, 15) is 9.59 Å². The molecule has 1 aliphatic rings. The number of rotatable bonds is 8. The molecular formula is C27H31N3O3. The average Bonchev–Trinajstić information content (AvgIpc) is 3.36. The number of carbonyl (C=O) groups excluding carboxylic acids is 2. The largest absolute Gasteiger partial charge is 0.467 e. The molecule has 0 aliphatic carbocycles. The van der Waals surface area contributed by atoms with E-state index in [0.717, 1.165) is 17.7 Å². The first-order valence-corrected chi connectivity index (χ1v) is 11.5. The molecule has 33 heavy (non-hydrogen) atoms. The van der Waals surface area contributed by atoms with Gasteiger partial charge in [-0.3, -0.25) is 9.59 Å². The molecule has 0 spiro atoms. The molecule has 1 aliphatic heterocycles. The second kappa shape index (κ2) is 9.94. The lowest BCUT2D eigenvalue weighted by molar-refractivity contribution is -0.116. The molecule has 1 aromatic heterocycles. The molecule has 2 N–H and O–H groups in total. The number of para-hydroxylation sites is 1. The number of benzene rings is 2. The highest BCUT2D eigenvalue weighted by Gasteiger charge is 2.28. The molecule has 0 saturated heterocycles. The van der Waals surface area contributed by atoms with E-state index in [1.165, 1.54) is 11.3 Å². The quantitative estimate of drug-likeness (QED) is 0.503. The van der Waals surface area contributed by atoms with Crippen molar-refractivity contribution in [2.24, 2.45) is 5.92 Å². The third kappa shape index (κ3) is 5.45. The molecule has 2 heterocycles. The van der Waals surface area contributed by atoms with Gasteiger partial charge in [0.25, 0.3) is 5.91 Å². The first-order valence-electron chi connectivity index (χ1n) is 11.5. The Bertz CT molecular complexity index is 1130. The Labute approximate surface area is 195 Å². The molecule has 6 nitrogen and oxygen atoms in total. The summed E-state index contributed by atoms with van der Waals surface area (Å²) in [7, 11) is 0. The molecule has 4 rings (SSSR count). The number of anilines is 2. The second-order valence-electron chi connectivity index (χ2n) is 9.10. The van der Waals surface area contributed by atoms with Gasteiger partial charge in [-0.1, -0.05) is 44.2 Å². The minimum absolute atomic E-state index is 0.00746. The number of nitrogens with zero attached hydrogens (tertiary/aromatic N) is 1. The van der Waals surface area contributed by atoms with E-state index >= 15 is 0 Å². The lowest BCUT2D eigenvalue weighted by Gasteiger charge is -2.24. The van der Waals surface area contributed by atoms with Crippen LogP contribution in [0.3, 0.4) is 0 Å². The highest BCUT2D eigenvalue weighted by molar-refractivity contribution is 5.95. The van der Waals surface area contributed by atoms with E-state index in [1.807, 2.05) is 44.2 Å². The average molecular weight is 446 g/mol. The first-order chi connectivity index (χ1) is 15.9. The summed E-state index contributed by atoms with van der Waals surface area (Å²) < 4.78 is 5.71. The molecule has 0 bridgehead atoms. The first kappa shape index (κ1) is 22.6. The van der Waals surface area contributed by atoms with Gasteiger partial charge in [-0.05, 0) is 54.7 Å². The second-order valence-corrected chi connectivity index (χ2v) is 9.10. The molecular weight excluding hydrogens is 414 g/mol. The highest BCUT2D eigenvalue weighted by Crippen LogP contribution is 2.33. The summed E-state index contributed by atoms with van der Waals surface area (Å²) in [6, 6.07) is 18.0. The Morgan fingerprint density at radius 2 is 1.94 bits per heavy atom. The topological polar surface area (TPSA) is 74.6 Å². The predicted octanol–water partition coefficient (Wildman–Crippen LogP) is 5.15. The van der Waals surface area contributed by atoms with Crippen LogP contribution in [0.25, 0.3) is 0 Å². The zero-order valence-electron chi connectivity index (χ0n) is 19.4. The lowest BCUT2D eigenvalue weighted by atomic mass is 10.1. The van der Waals surface area contributed by atoms with Crippen LogP contribution in [0, 0.1) is 5.92 Å². The van der Waals surface area contributed by atoms with Crippen molar-refractivity contribution >= 4 is 23.2 Å². The molecule has 1 unspecified atom stereocenters. The summed E-state index contributed by atoms with van der Waals surface area (Å²) in [5.74, 6) is 0.777. The van der Waals surface area contributed by atoms with Crippen LogP contribution in [-0.2, 0) is 24.3 Å². The predicted molar refractivity (Wildman–Crippen MR) is 130 cm³/mol. The minimum atomic E-state index is -0.173. The summed E-state index contributed by atoms with van der Waals surface area (Å²) in [4.78, 5) is 27.3. The molecule has 3 aromatic rings. The number of hydrogen-bond acceptors (Lipinski definition) is 4. The molecule has 2 aromatic carbocycles. The monoisotopic (exact) mass is 445 g/mol. The van der Waals surface area contributed by atoms with Crippen molar-refractivity contribution in [3.05, 3.63) is 83.3 Å². The van der Waals surface area contributed by atoms with E-state index in [0.29, 0.717) is 42.8 Å². The van der Waals surface area contributed by atoms with Crippen molar-refractivity contribution in [3.63, 3.8) is 0 Å². The standard InChI is InChI=1S/C27H31N3O3/c1-18(2)13-26(31)29-22-9-6-7-20(15-22)16-28-27(32)23-11-12-33-25(23)17-30-19(3)14-21-8-4-5-10-24(21)30/h4-12,15,18-19H,13-14,16-17H2,1-3H3,(H,28,32)(H,29,31). The van der Waals surface area contributed by atoms with Crippen molar-refractivity contribution < 1.29 is 14.0 Å². The van der Waals surface area contributed by atoms with Gasteiger partial charge in [0.15, 0.2) is 0 Å². The molecule has 2 amide bonds. The van der Waals surface area contributed by atoms with Gasteiger partial charge in [0.05, 0.1) is 18.4 Å². The summed E-state index contributed by atoms with van der Waals surface area (Å²) >= 11 is 0. The van der Waals surface area contributed by atoms with Crippen LogP contribution in [0.4, 0.5) is 11.4 Å². The maximum atomic E-state index is 12.9. The van der Waals surface area contributed by atoms with Crippen LogP contribution in [0.5, 0.6) is 0 Å². The summed E-state index contributed by atoms with van der Waals surface area (Å²) in [6.07, 6.45) is 3.04. The number of fused-ring (bicyclic) bond motifs is 1. The van der Waals surface area contributed by atoms with Gasteiger partial charge in [0.1, 0.15) is 5.76 Å². The van der Waals surface area contributed by atoms with Gasteiger partial charge in [-0.15, -0.1) is 0 Å². The van der Waals surface area contributed by atoms with Gasteiger partial charge in [0.2, 0.25) is 5.91 Å². The molecule has 6 heteroatoms. The van der Waals surface area contributed by atoms with E-state index < -0.39 is 0 Å². The Kier molecular flexibility index (Phi) is 6.82. The Morgan fingerprint density at radius 3 is 2.76 bits per heavy atom. The molecule has 172 valence electrons. The third-order valence-corrected chi connectivity index (χ3v) is 5.91. The highest BCUT2D eigenvalue weighted by atomic mass is 16.3. The van der Waals surface area contributed by atoms with Crippen molar-refractivity contribution in [2.75, 3.05) is 10.2 Å². The van der Waals surface area contributed by atoms with Crippen molar-refractivity contribution in [1.29, 1.82) is 0 Å². The molecule has 0 radical (unpaired) electrons. The van der Waals surface area contributed by atoms with Crippen LogP contribution in [-0.4, -0.2) is 17.9 Å². The van der Waals surface area contributed by atoms with Gasteiger partial charge in [0, 0.05) is 30.4 Å². The van der Waals surface area contributed by atoms with Gasteiger partial charge in [-0.25, -0.2) is 0 Å². The zero-order valence-corrected chi connectivity index (χ0v) is 19.4. The maximum absolute atomic E-state index is 12.9. The fourth-order valence-electron chi connectivity index (χ4n) is 4.31. The van der Waals surface area contributed by atoms with Gasteiger partial charge in [-0.2, -0.15) is 0 Å². The summed E-state index contributed by atoms with van der Waals surface area (Å²) in [5.41, 5.74) is 4.72. The Balaban J connectivity index is 1.39. The minimum Gasteiger partial charge on any atom is -0.467 e. The molecule has 0 fully saturated rings. The SMILES string of the molecule is CC(C)CC(=O)Nc1cccc(CNC(=O)c2ccoc2CN2c3ccccc3CC2C)c1. The van der Waals surface area contributed by atoms with Gasteiger partial charge < -0.3 is 20.0 Å². The van der Waals surface area contributed by atoms with Crippen molar-refractivity contribution in [3.8, 4) is 0 Å². The maximum Gasteiger partial charge on any atom is 0.255 e.